The van der Waals surface area contributed by atoms with Crippen LogP contribution in [0.2, 0.25) is 5.02 Å². The molecule has 0 heterocycles. The molecular weight excluding hydrogens is 492 g/mol. The molecule has 0 atom stereocenters. The van der Waals surface area contributed by atoms with Gasteiger partial charge in [-0.3, -0.25) is 9.52 Å². The van der Waals surface area contributed by atoms with E-state index >= 15 is 0 Å². The maximum atomic E-state index is 13.3. The predicted molar refractivity (Wildman–Crippen MR) is 148 cm³/mol. The van der Waals surface area contributed by atoms with E-state index in [0.717, 1.165) is 16.7 Å². The number of rotatable bonds is 7. The number of para-hydroxylation sites is 1. The zero-order valence-electron chi connectivity index (χ0n) is 19.8. The normalized spacial score (nSPS) is 11.7. The van der Waals surface area contributed by atoms with Crippen LogP contribution in [0.1, 0.15) is 22.3 Å². The first-order chi connectivity index (χ1) is 17.2. The van der Waals surface area contributed by atoms with Crippen LogP contribution in [0.5, 0.6) is 0 Å². The fourth-order valence-corrected chi connectivity index (χ4v) is 5.12. The molecule has 4 rings (SSSR count). The average molecular weight is 517 g/mol. The number of amides is 1. The van der Waals surface area contributed by atoms with Crippen LogP contribution in [-0.2, 0) is 14.8 Å². The number of carbonyl (C=O) groups excluding carboxylic acids is 1. The smallest absolute Gasteiger partial charge is 0.261 e. The molecule has 0 aliphatic carbocycles. The first-order valence-corrected chi connectivity index (χ1v) is 13.1. The second-order valence-electron chi connectivity index (χ2n) is 8.30. The topological polar surface area (TPSA) is 75.3 Å². The quantitative estimate of drug-likeness (QED) is 0.206. The Hall–Kier alpha value is -3.87. The van der Waals surface area contributed by atoms with Crippen LogP contribution in [0, 0.1) is 13.8 Å². The van der Waals surface area contributed by atoms with Gasteiger partial charge in [0.1, 0.15) is 0 Å². The van der Waals surface area contributed by atoms with Crippen LogP contribution in [-0.4, -0.2) is 14.3 Å². The van der Waals surface area contributed by atoms with E-state index in [1.54, 1.807) is 24.3 Å². The van der Waals surface area contributed by atoms with Crippen molar-refractivity contribution in [3.8, 4) is 0 Å². The minimum atomic E-state index is -3.80. The molecule has 0 aromatic heterocycles. The lowest BCUT2D eigenvalue weighted by molar-refractivity contribution is -0.111. The van der Waals surface area contributed by atoms with Gasteiger partial charge in [-0.05, 0) is 72.5 Å². The van der Waals surface area contributed by atoms with E-state index in [0.29, 0.717) is 27.5 Å². The van der Waals surface area contributed by atoms with Gasteiger partial charge in [0.05, 0.1) is 10.6 Å². The second-order valence-corrected chi connectivity index (χ2v) is 10.4. The number of anilines is 2. The summed E-state index contributed by atoms with van der Waals surface area (Å²) in [6.07, 6.45) is 1.74. The molecule has 0 aliphatic heterocycles. The van der Waals surface area contributed by atoms with E-state index in [-0.39, 0.29) is 10.8 Å². The van der Waals surface area contributed by atoms with Crippen LogP contribution < -0.4 is 10.0 Å². The van der Waals surface area contributed by atoms with Gasteiger partial charge in [0.15, 0.2) is 0 Å². The zero-order valence-corrected chi connectivity index (χ0v) is 21.4. The third-order valence-electron chi connectivity index (χ3n) is 5.67. The first-order valence-electron chi connectivity index (χ1n) is 11.3. The summed E-state index contributed by atoms with van der Waals surface area (Å²) in [6.45, 7) is 3.70. The Labute approximate surface area is 216 Å². The number of sulfonamides is 1. The molecule has 36 heavy (non-hydrogen) atoms. The SMILES string of the molecule is Cc1cccc(C)c1NS(=O)(=O)c1ccc(NC(=O)/C(=C/c2ccccc2Cl)c2ccccc2)cc1. The Morgan fingerprint density at radius 1 is 0.778 bits per heavy atom. The lowest BCUT2D eigenvalue weighted by atomic mass is 10.0. The highest BCUT2D eigenvalue weighted by Gasteiger charge is 2.18. The molecule has 0 unspecified atom stereocenters. The fourth-order valence-electron chi connectivity index (χ4n) is 3.73. The maximum absolute atomic E-state index is 13.3. The minimum Gasteiger partial charge on any atom is -0.322 e. The van der Waals surface area contributed by atoms with Crippen LogP contribution in [0.4, 0.5) is 11.4 Å². The van der Waals surface area contributed by atoms with E-state index in [4.69, 9.17) is 11.6 Å². The van der Waals surface area contributed by atoms with Crippen molar-refractivity contribution >= 4 is 50.6 Å². The number of benzene rings is 4. The van der Waals surface area contributed by atoms with E-state index in [1.165, 1.54) is 12.1 Å². The lowest BCUT2D eigenvalue weighted by Crippen LogP contribution is -2.16. The number of carbonyl (C=O) groups is 1. The van der Waals surface area contributed by atoms with Gasteiger partial charge in [0.25, 0.3) is 15.9 Å². The van der Waals surface area contributed by atoms with Crippen molar-refractivity contribution in [3.05, 3.63) is 124 Å². The molecule has 0 radical (unpaired) electrons. The van der Waals surface area contributed by atoms with Crippen molar-refractivity contribution < 1.29 is 13.2 Å². The highest BCUT2D eigenvalue weighted by Crippen LogP contribution is 2.26. The third kappa shape index (κ3) is 5.85. The molecule has 0 saturated carbocycles. The van der Waals surface area contributed by atoms with Crippen LogP contribution >= 0.6 is 11.6 Å². The summed E-state index contributed by atoms with van der Waals surface area (Å²) in [5.41, 5.74) is 4.57. The molecule has 2 N–H and O–H groups in total. The van der Waals surface area contributed by atoms with Crippen molar-refractivity contribution in [3.63, 3.8) is 0 Å². The summed E-state index contributed by atoms with van der Waals surface area (Å²) in [5.74, 6) is -0.342. The highest BCUT2D eigenvalue weighted by atomic mass is 35.5. The van der Waals surface area contributed by atoms with Crippen molar-refractivity contribution in [1.82, 2.24) is 0 Å². The Morgan fingerprint density at radius 2 is 1.39 bits per heavy atom. The van der Waals surface area contributed by atoms with Gasteiger partial charge in [-0.1, -0.05) is 78.3 Å². The Kier molecular flexibility index (Phi) is 7.58. The van der Waals surface area contributed by atoms with Gasteiger partial charge in [-0.2, -0.15) is 0 Å². The van der Waals surface area contributed by atoms with Crippen LogP contribution in [0.3, 0.4) is 0 Å². The molecule has 7 heteroatoms. The summed E-state index contributed by atoms with van der Waals surface area (Å²) in [5, 5.41) is 3.39. The number of hydrogen-bond acceptors (Lipinski definition) is 3. The zero-order chi connectivity index (χ0) is 25.7. The molecule has 0 saturated heterocycles. The molecule has 5 nitrogen and oxygen atoms in total. The molecule has 182 valence electrons. The summed E-state index contributed by atoms with van der Waals surface area (Å²) >= 11 is 6.32. The molecular formula is C29H25ClN2O3S. The molecule has 0 aliphatic rings. The van der Waals surface area contributed by atoms with Gasteiger partial charge in [0, 0.05) is 16.3 Å². The maximum Gasteiger partial charge on any atom is 0.261 e. The van der Waals surface area contributed by atoms with Gasteiger partial charge in [-0.15, -0.1) is 0 Å². The molecule has 1 amide bonds. The standard InChI is InChI=1S/C29H25ClN2O3S/c1-20-9-8-10-21(2)28(20)32-36(34,35)25-17-15-24(16-18-25)31-29(33)26(22-11-4-3-5-12-22)19-23-13-6-7-14-27(23)30/h3-19,32H,1-2H3,(H,31,33)/b26-19+. The minimum absolute atomic E-state index is 0.0954. The summed E-state index contributed by atoms with van der Waals surface area (Å²) in [4.78, 5) is 13.4. The van der Waals surface area contributed by atoms with Gasteiger partial charge in [-0.25, -0.2) is 8.42 Å². The van der Waals surface area contributed by atoms with E-state index in [2.05, 4.69) is 10.0 Å². The summed E-state index contributed by atoms with van der Waals surface area (Å²) in [7, 11) is -3.80. The number of halogens is 1. The Bertz CT molecular complexity index is 1510. The molecule has 0 spiro atoms. The van der Waals surface area contributed by atoms with Gasteiger partial charge >= 0.3 is 0 Å². The second kappa shape index (κ2) is 10.8. The van der Waals surface area contributed by atoms with Crippen molar-refractivity contribution in [2.24, 2.45) is 0 Å². The molecule has 4 aromatic rings. The summed E-state index contributed by atoms with van der Waals surface area (Å²) < 4.78 is 28.6. The van der Waals surface area contributed by atoms with E-state index in [9.17, 15) is 13.2 Å². The van der Waals surface area contributed by atoms with Crippen molar-refractivity contribution in [1.29, 1.82) is 0 Å². The number of aryl methyl sites for hydroxylation is 2. The van der Waals surface area contributed by atoms with Crippen LogP contribution in [0.25, 0.3) is 11.6 Å². The largest absolute Gasteiger partial charge is 0.322 e. The monoisotopic (exact) mass is 516 g/mol. The third-order valence-corrected chi connectivity index (χ3v) is 7.38. The first kappa shape index (κ1) is 25.2. The fraction of sp³-hybridized carbons (Fsp3) is 0.0690. The Balaban J connectivity index is 1.58. The molecule has 4 aromatic carbocycles. The lowest BCUT2D eigenvalue weighted by Gasteiger charge is -2.14. The Morgan fingerprint density at radius 3 is 2.03 bits per heavy atom. The molecule has 0 fully saturated rings. The molecule has 0 bridgehead atoms. The van der Waals surface area contributed by atoms with Crippen molar-refractivity contribution in [2.45, 2.75) is 18.7 Å². The average Bonchev–Trinajstić information content (AvgIpc) is 2.87. The highest BCUT2D eigenvalue weighted by molar-refractivity contribution is 7.92. The van der Waals surface area contributed by atoms with Crippen LogP contribution in [0.15, 0.2) is 102 Å². The number of hydrogen-bond donors (Lipinski definition) is 2. The number of nitrogens with one attached hydrogen (secondary N) is 2. The summed E-state index contributed by atoms with van der Waals surface area (Å²) in [6, 6.07) is 28.2. The van der Waals surface area contributed by atoms with Crippen molar-refractivity contribution in [2.75, 3.05) is 10.0 Å². The van der Waals surface area contributed by atoms with Gasteiger partial charge < -0.3 is 5.32 Å². The van der Waals surface area contributed by atoms with E-state index < -0.39 is 10.0 Å². The predicted octanol–water partition coefficient (Wildman–Crippen LogP) is 6.94. The van der Waals surface area contributed by atoms with Gasteiger partial charge in [0.2, 0.25) is 0 Å². The van der Waals surface area contributed by atoms with E-state index in [1.807, 2.05) is 80.6 Å².